The largest absolute Gasteiger partial charge is 0.508 e. The van der Waals surface area contributed by atoms with Crippen LogP contribution >= 0.6 is 11.6 Å². The number of phenols is 1. The Kier molecular flexibility index (Phi) is 3.97. The molecule has 0 saturated carbocycles. The first kappa shape index (κ1) is 15.4. The second-order valence-electron chi connectivity index (χ2n) is 5.51. The molecule has 0 bridgehead atoms. The Morgan fingerprint density at radius 1 is 1.13 bits per heavy atom. The molecule has 3 nitrogen and oxygen atoms in total. The zero-order valence-corrected chi connectivity index (χ0v) is 13.3. The van der Waals surface area contributed by atoms with E-state index in [0.29, 0.717) is 5.02 Å². The number of aromatic hydroxyl groups is 1. The summed E-state index contributed by atoms with van der Waals surface area (Å²) in [5.74, 6) is -0.756. The number of hydrogen-bond acceptors (Lipinski definition) is 2. The van der Waals surface area contributed by atoms with E-state index in [1.807, 2.05) is 43.3 Å². The van der Waals surface area contributed by atoms with Gasteiger partial charge in [-0.2, -0.15) is 0 Å². The number of rotatable bonds is 3. The molecule has 0 saturated heterocycles. The van der Waals surface area contributed by atoms with Crippen LogP contribution in [0.25, 0.3) is 17.2 Å². The molecule has 0 unspecified atom stereocenters. The highest BCUT2D eigenvalue weighted by Crippen LogP contribution is 2.44. The fraction of sp³-hybridized carbons (Fsp3) is 0.105. The van der Waals surface area contributed by atoms with E-state index in [4.69, 9.17) is 16.7 Å². The standard InChI is InChI=1S/C19H15ClO3/c1-11-16(8-12-2-4-13(20)5-3-12)15-7-6-14(21)9-18(15)17(11)10-19(22)23/h2-9,21H,10H2,1H3,(H,22,23). The number of halogens is 1. The molecule has 0 heterocycles. The molecule has 3 rings (SSSR count). The molecule has 2 N–H and O–H groups in total. The third-order valence-electron chi connectivity index (χ3n) is 3.98. The van der Waals surface area contributed by atoms with Gasteiger partial charge in [-0.25, -0.2) is 0 Å². The Morgan fingerprint density at radius 3 is 2.48 bits per heavy atom. The molecule has 4 heteroatoms. The van der Waals surface area contributed by atoms with Gasteiger partial charge in [0.15, 0.2) is 0 Å². The van der Waals surface area contributed by atoms with E-state index < -0.39 is 5.97 Å². The number of phenolic OH excluding ortho intramolecular Hbond substituents is 1. The van der Waals surface area contributed by atoms with Crippen molar-refractivity contribution >= 4 is 34.8 Å². The van der Waals surface area contributed by atoms with Crippen molar-refractivity contribution in [2.75, 3.05) is 0 Å². The molecule has 0 radical (unpaired) electrons. The third kappa shape index (κ3) is 3.01. The average Bonchev–Trinajstić information content (AvgIpc) is 2.74. The second-order valence-corrected chi connectivity index (χ2v) is 5.95. The quantitative estimate of drug-likeness (QED) is 0.847. The maximum Gasteiger partial charge on any atom is 0.307 e. The number of carbonyl (C=O) groups is 1. The van der Waals surface area contributed by atoms with Crippen LogP contribution in [-0.2, 0) is 4.79 Å². The Morgan fingerprint density at radius 2 is 1.83 bits per heavy atom. The van der Waals surface area contributed by atoms with Gasteiger partial charge in [0.1, 0.15) is 5.75 Å². The summed E-state index contributed by atoms with van der Waals surface area (Å²) in [6.07, 6.45) is 1.94. The molecule has 0 fully saturated rings. The number of benzene rings is 2. The van der Waals surface area contributed by atoms with Gasteiger partial charge in [-0.15, -0.1) is 0 Å². The van der Waals surface area contributed by atoms with Gasteiger partial charge in [-0.05, 0) is 70.7 Å². The van der Waals surface area contributed by atoms with Crippen LogP contribution in [0.2, 0.25) is 5.02 Å². The van der Waals surface area contributed by atoms with Gasteiger partial charge in [0.25, 0.3) is 0 Å². The number of carboxylic acid groups (broad SMARTS) is 1. The van der Waals surface area contributed by atoms with E-state index in [1.54, 1.807) is 12.1 Å². The van der Waals surface area contributed by atoms with Crippen molar-refractivity contribution in [1.82, 2.24) is 0 Å². The van der Waals surface area contributed by atoms with Crippen LogP contribution < -0.4 is 0 Å². The molecule has 2 aromatic rings. The second kappa shape index (κ2) is 5.94. The van der Waals surface area contributed by atoms with Crippen molar-refractivity contribution in [2.24, 2.45) is 0 Å². The summed E-state index contributed by atoms with van der Waals surface area (Å²) in [5, 5.41) is 19.6. The first-order chi connectivity index (χ1) is 11.0. The number of aliphatic carboxylic acids is 1. The first-order valence-electron chi connectivity index (χ1n) is 7.18. The van der Waals surface area contributed by atoms with Crippen molar-refractivity contribution in [3.8, 4) is 5.75 Å². The van der Waals surface area contributed by atoms with Crippen LogP contribution in [0, 0.1) is 0 Å². The van der Waals surface area contributed by atoms with E-state index >= 15 is 0 Å². The van der Waals surface area contributed by atoms with Crippen LogP contribution in [0.5, 0.6) is 5.75 Å². The lowest BCUT2D eigenvalue weighted by Gasteiger charge is -2.05. The summed E-state index contributed by atoms with van der Waals surface area (Å²) in [6.45, 7) is 1.91. The van der Waals surface area contributed by atoms with E-state index in [0.717, 1.165) is 33.4 Å². The van der Waals surface area contributed by atoms with Crippen molar-refractivity contribution < 1.29 is 15.0 Å². The molecule has 0 atom stereocenters. The van der Waals surface area contributed by atoms with Crippen LogP contribution in [0.4, 0.5) is 0 Å². The molecule has 116 valence electrons. The van der Waals surface area contributed by atoms with E-state index in [-0.39, 0.29) is 12.2 Å². The molecule has 2 aromatic carbocycles. The third-order valence-corrected chi connectivity index (χ3v) is 4.24. The zero-order chi connectivity index (χ0) is 16.6. The molecule has 0 aromatic heterocycles. The molecule has 0 spiro atoms. The summed E-state index contributed by atoms with van der Waals surface area (Å²) in [5.41, 5.74) is 5.33. The minimum atomic E-state index is -0.888. The maximum atomic E-state index is 11.2. The minimum absolute atomic E-state index is 0.0692. The number of hydrogen-bond donors (Lipinski definition) is 2. The van der Waals surface area contributed by atoms with E-state index in [1.165, 1.54) is 0 Å². The summed E-state index contributed by atoms with van der Waals surface area (Å²) >= 11 is 5.91. The topological polar surface area (TPSA) is 57.5 Å². The lowest BCUT2D eigenvalue weighted by molar-refractivity contribution is -0.135. The van der Waals surface area contributed by atoms with Gasteiger partial charge in [0.2, 0.25) is 0 Å². The lowest BCUT2D eigenvalue weighted by atomic mass is 10.0. The first-order valence-corrected chi connectivity index (χ1v) is 7.56. The van der Waals surface area contributed by atoms with Gasteiger partial charge in [-0.3, -0.25) is 4.79 Å². The summed E-state index contributed by atoms with van der Waals surface area (Å²) < 4.78 is 0. The number of allylic oxidation sites excluding steroid dienone is 2. The average molecular weight is 327 g/mol. The van der Waals surface area contributed by atoms with Crippen LogP contribution in [0.1, 0.15) is 30.0 Å². The highest BCUT2D eigenvalue weighted by atomic mass is 35.5. The SMILES string of the molecule is CC1=C(CC(=O)O)c2cc(O)ccc2C1=Cc1ccc(Cl)cc1. The predicted molar refractivity (Wildman–Crippen MR) is 92.3 cm³/mol. The summed E-state index contributed by atoms with van der Waals surface area (Å²) in [6, 6.07) is 12.5. The monoisotopic (exact) mass is 326 g/mol. The Balaban J connectivity index is 2.15. The Hall–Kier alpha value is -2.52. The minimum Gasteiger partial charge on any atom is -0.508 e. The predicted octanol–water partition coefficient (Wildman–Crippen LogP) is 4.85. The van der Waals surface area contributed by atoms with E-state index in [2.05, 4.69) is 0 Å². The molecular weight excluding hydrogens is 312 g/mol. The van der Waals surface area contributed by atoms with Crippen LogP contribution in [-0.4, -0.2) is 16.2 Å². The van der Waals surface area contributed by atoms with Gasteiger partial charge in [0, 0.05) is 5.02 Å². The lowest BCUT2D eigenvalue weighted by Crippen LogP contribution is -1.96. The molecule has 1 aliphatic carbocycles. The highest BCUT2D eigenvalue weighted by molar-refractivity contribution is 6.30. The zero-order valence-electron chi connectivity index (χ0n) is 12.5. The van der Waals surface area contributed by atoms with Crippen LogP contribution in [0.3, 0.4) is 0 Å². The molecular formula is C19H15ClO3. The Bertz CT molecular complexity index is 845. The normalized spacial score (nSPS) is 15.1. The molecule has 23 heavy (non-hydrogen) atoms. The van der Waals surface area contributed by atoms with Crippen molar-refractivity contribution in [3.63, 3.8) is 0 Å². The summed E-state index contributed by atoms with van der Waals surface area (Å²) in [4.78, 5) is 11.2. The van der Waals surface area contributed by atoms with Crippen LogP contribution in [0.15, 0.2) is 48.0 Å². The van der Waals surface area contributed by atoms with Crippen molar-refractivity contribution in [2.45, 2.75) is 13.3 Å². The molecule has 0 aliphatic heterocycles. The molecule has 0 amide bonds. The van der Waals surface area contributed by atoms with Gasteiger partial charge in [-0.1, -0.05) is 29.8 Å². The van der Waals surface area contributed by atoms with Gasteiger partial charge >= 0.3 is 5.97 Å². The van der Waals surface area contributed by atoms with E-state index in [9.17, 15) is 9.90 Å². The van der Waals surface area contributed by atoms with Gasteiger partial charge < -0.3 is 10.2 Å². The summed E-state index contributed by atoms with van der Waals surface area (Å²) in [7, 11) is 0. The maximum absolute atomic E-state index is 11.2. The fourth-order valence-electron chi connectivity index (χ4n) is 2.87. The van der Waals surface area contributed by atoms with Gasteiger partial charge in [0.05, 0.1) is 6.42 Å². The number of fused-ring (bicyclic) bond motifs is 1. The fourth-order valence-corrected chi connectivity index (χ4v) is 3.00. The van der Waals surface area contributed by atoms with Crippen molar-refractivity contribution in [3.05, 3.63) is 69.8 Å². The van der Waals surface area contributed by atoms with Crippen molar-refractivity contribution in [1.29, 1.82) is 0 Å². The highest BCUT2D eigenvalue weighted by Gasteiger charge is 2.25. The number of carboxylic acids is 1. The molecule has 1 aliphatic rings. The smallest absolute Gasteiger partial charge is 0.307 e. The Labute approximate surface area is 139 Å².